The number of hydrogen-bond acceptors (Lipinski definition) is 4. The van der Waals surface area contributed by atoms with Crippen LogP contribution in [0.5, 0.6) is 11.5 Å². The van der Waals surface area contributed by atoms with Crippen molar-refractivity contribution in [2.24, 2.45) is 0 Å². The standard InChI is InChI=1S/C28H36F3NO5/c1-4-5-6-11-26(33)32(2)19-20-9-7-10-21(16-20)22-17-24(36-3)23(12-13-27(34)35)25(18-22)37-15-8-14-28(29,30)31/h7,9-10,16-18H,4-6,8,11-15,19H2,1-3H3,(H,34,35). The minimum Gasteiger partial charge on any atom is -0.496 e. The van der Waals surface area contributed by atoms with Crippen molar-refractivity contribution in [2.45, 2.75) is 71.0 Å². The molecule has 2 aromatic carbocycles. The molecule has 9 heteroatoms. The molecule has 1 N–H and O–H groups in total. The molecule has 0 saturated heterocycles. The van der Waals surface area contributed by atoms with Crippen LogP contribution >= 0.6 is 0 Å². The number of halogens is 3. The van der Waals surface area contributed by atoms with E-state index < -0.39 is 18.6 Å². The zero-order chi connectivity index (χ0) is 27.4. The van der Waals surface area contributed by atoms with Crippen molar-refractivity contribution in [3.05, 3.63) is 47.5 Å². The molecule has 0 aliphatic carbocycles. The monoisotopic (exact) mass is 523 g/mol. The molecule has 0 unspecified atom stereocenters. The SMILES string of the molecule is CCCCCC(=O)N(C)Cc1cccc(-c2cc(OC)c(CCC(=O)O)c(OCCCC(F)(F)F)c2)c1. The van der Waals surface area contributed by atoms with Crippen molar-refractivity contribution in [1.29, 1.82) is 0 Å². The highest BCUT2D eigenvalue weighted by molar-refractivity contribution is 5.76. The summed E-state index contributed by atoms with van der Waals surface area (Å²) >= 11 is 0. The molecule has 0 aromatic heterocycles. The number of carboxylic acid groups (broad SMARTS) is 1. The first-order chi connectivity index (χ1) is 17.5. The molecule has 0 heterocycles. The average molecular weight is 524 g/mol. The summed E-state index contributed by atoms with van der Waals surface area (Å²) in [5, 5.41) is 9.13. The van der Waals surface area contributed by atoms with Gasteiger partial charge in [0.05, 0.1) is 13.7 Å². The Morgan fingerprint density at radius 2 is 1.73 bits per heavy atom. The molecule has 2 aromatic rings. The second-order valence-electron chi connectivity index (χ2n) is 9.02. The minimum absolute atomic E-state index is 0.0813. The fourth-order valence-corrected chi connectivity index (χ4v) is 3.96. The number of carbonyl (C=O) groups excluding carboxylic acids is 1. The van der Waals surface area contributed by atoms with E-state index in [4.69, 9.17) is 14.6 Å². The topological polar surface area (TPSA) is 76.1 Å². The molecular weight excluding hydrogens is 487 g/mol. The van der Waals surface area contributed by atoms with E-state index in [1.165, 1.54) is 7.11 Å². The lowest BCUT2D eigenvalue weighted by molar-refractivity contribution is -0.137. The van der Waals surface area contributed by atoms with Crippen LogP contribution < -0.4 is 9.47 Å². The van der Waals surface area contributed by atoms with Crippen molar-refractivity contribution in [3.8, 4) is 22.6 Å². The lowest BCUT2D eigenvalue weighted by Gasteiger charge is -2.19. The number of carbonyl (C=O) groups is 2. The van der Waals surface area contributed by atoms with Gasteiger partial charge in [-0.2, -0.15) is 13.2 Å². The van der Waals surface area contributed by atoms with E-state index in [2.05, 4.69) is 6.92 Å². The number of alkyl halides is 3. The number of aliphatic carboxylic acids is 1. The minimum atomic E-state index is -4.28. The van der Waals surface area contributed by atoms with Crippen LogP contribution in [0.25, 0.3) is 11.1 Å². The van der Waals surface area contributed by atoms with Crippen LogP contribution in [-0.4, -0.2) is 48.8 Å². The van der Waals surface area contributed by atoms with Crippen molar-refractivity contribution in [1.82, 2.24) is 4.90 Å². The maximum absolute atomic E-state index is 12.6. The van der Waals surface area contributed by atoms with E-state index in [-0.39, 0.29) is 31.8 Å². The van der Waals surface area contributed by atoms with Crippen LogP contribution in [-0.2, 0) is 22.6 Å². The molecule has 37 heavy (non-hydrogen) atoms. The van der Waals surface area contributed by atoms with E-state index >= 15 is 0 Å². The van der Waals surface area contributed by atoms with Crippen molar-refractivity contribution in [3.63, 3.8) is 0 Å². The third kappa shape index (κ3) is 10.3. The van der Waals surface area contributed by atoms with E-state index in [9.17, 15) is 22.8 Å². The van der Waals surface area contributed by atoms with Crippen molar-refractivity contribution < 1.29 is 37.3 Å². The predicted molar refractivity (Wildman–Crippen MR) is 136 cm³/mol. The maximum atomic E-state index is 12.6. The zero-order valence-corrected chi connectivity index (χ0v) is 21.7. The Labute approximate surface area is 216 Å². The number of benzene rings is 2. The molecule has 0 radical (unpaired) electrons. The predicted octanol–water partition coefficient (Wildman–Crippen LogP) is 6.64. The second kappa shape index (κ2) is 14.5. The molecule has 0 aliphatic heterocycles. The number of hydrogen-bond donors (Lipinski definition) is 1. The number of methoxy groups -OCH3 is 1. The highest BCUT2D eigenvalue weighted by Crippen LogP contribution is 2.37. The average Bonchev–Trinajstić information content (AvgIpc) is 2.84. The fourth-order valence-electron chi connectivity index (χ4n) is 3.96. The number of ether oxygens (including phenoxy) is 2. The molecule has 0 spiro atoms. The third-order valence-electron chi connectivity index (χ3n) is 5.94. The maximum Gasteiger partial charge on any atom is 0.389 e. The molecule has 0 bridgehead atoms. The van der Waals surface area contributed by atoms with Crippen LogP contribution in [0, 0.1) is 0 Å². The first-order valence-corrected chi connectivity index (χ1v) is 12.5. The number of nitrogens with zero attached hydrogens (tertiary/aromatic N) is 1. The van der Waals surface area contributed by atoms with Crippen LogP contribution in [0.4, 0.5) is 13.2 Å². The summed E-state index contributed by atoms with van der Waals surface area (Å²) in [6.07, 6.45) is -2.11. The first kappa shape index (κ1) is 30.0. The Balaban J connectivity index is 2.30. The second-order valence-corrected chi connectivity index (χ2v) is 9.02. The van der Waals surface area contributed by atoms with Gasteiger partial charge in [-0.05, 0) is 54.2 Å². The van der Waals surface area contributed by atoms with Crippen molar-refractivity contribution >= 4 is 11.9 Å². The molecule has 0 atom stereocenters. The van der Waals surface area contributed by atoms with Gasteiger partial charge in [-0.1, -0.05) is 38.0 Å². The summed E-state index contributed by atoms with van der Waals surface area (Å²) in [6, 6.07) is 11.1. The molecule has 6 nitrogen and oxygen atoms in total. The molecule has 204 valence electrons. The summed E-state index contributed by atoms with van der Waals surface area (Å²) in [6.45, 7) is 2.36. The third-order valence-corrected chi connectivity index (χ3v) is 5.94. The highest BCUT2D eigenvalue weighted by Gasteiger charge is 2.26. The van der Waals surface area contributed by atoms with E-state index in [1.54, 1.807) is 24.1 Å². The summed E-state index contributed by atoms with van der Waals surface area (Å²) in [4.78, 5) is 25.3. The van der Waals surface area contributed by atoms with Gasteiger partial charge in [-0.25, -0.2) is 0 Å². The van der Waals surface area contributed by atoms with Crippen molar-refractivity contribution in [2.75, 3.05) is 20.8 Å². The summed E-state index contributed by atoms with van der Waals surface area (Å²) in [5.41, 5.74) is 2.94. The Kier molecular flexibility index (Phi) is 11.8. The molecular formula is C28H36F3NO5. The Hall–Kier alpha value is -3.23. The summed E-state index contributed by atoms with van der Waals surface area (Å²) < 4.78 is 48.9. The smallest absolute Gasteiger partial charge is 0.389 e. The Bertz CT molecular complexity index is 1040. The molecule has 0 fully saturated rings. The number of amides is 1. The Morgan fingerprint density at radius 1 is 1.00 bits per heavy atom. The molecule has 2 rings (SSSR count). The molecule has 1 amide bonds. The normalized spacial score (nSPS) is 11.3. The van der Waals surface area contributed by atoms with Crippen LogP contribution in [0.15, 0.2) is 36.4 Å². The van der Waals surface area contributed by atoms with Gasteiger partial charge >= 0.3 is 12.1 Å². The van der Waals surface area contributed by atoms with E-state index in [1.807, 2.05) is 24.3 Å². The largest absolute Gasteiger partial charge is 0.496 e. The van der Waals surface area contributed by atoms with Gasteiger partial charge in [0, 0.05) is 38.4 Å². The van der Waals surface area contributed by atoms with Crippen LogP contribution in [0.2, 0.25) is 0 Å². The summed E-state index contributed by atoms with van der Waals surface area (Å²) in [7, 11) is 3.22. The van der Waals surface area contributed by atoms with Crippen LogP contribution in [0.1, 0.15) is 63.0 Å². The van der Waals surface area contributed by atoms with E-state index in [0.29, 0.717) is 35.6 Å². The zero-order valence-electron chi connectivity index (χ0n) is 21.7. The lowest BCUT2D eigenvalue weighted by Crippen LogP contribution is -2.25. The molecule has 0 aliphatic rings. The van der Waals surface area contributed by atoms with E-state index in [0.717, 1.165) is 30.4 Å². The highest BCUT2D eigenvalue weighted by atomic mass is 19.4. The fraction of sp³-hybridized carbons (Fsp3) is 0.500. The van der Waals surface area contributed by atoms with Gasteiger partial charge in [0.1, 0.15) is 11.5 Å². The quantitative estimate of drug-likeness (QED) is 0.265. The van der Waals surface area contributed by atoms with Gasteiger partial charge < -0.3 is 19.5 Å². The number of rotatable bonds is 15. The number of carboxylic acids is 1. The van der Waals surface area contributed by atoms with Crippen LogP contribution in [0.3, 0.4) is 0 Å². The van der Waals surface area contributed by atoms with Gasteiger partial charge in [-0.15, -0.1) is 0 Å². The summed E-state index contributed by atoms with van der Waals surface area (Å²) in [5.74, 6) is -0.224. The molecule has 0 saturated carbocycles. The van der Waals surface area contributed by atoms with Gasteiger partial charge in [0.15, 0.2) is 0 Å². The Morgan fingerprint density at radius 3 is 2.38 bits per heavy atom. The number of unbranched alkanes of at least 4 members (excludes halogenated alkanes) is 2. The lowest BCUT2D eigenvalue weighted by atomic mass is 9.98. The first-order valence-electron chi connectivity index (χ1n) is 12.5. The van der Waals surface area contributed by atoms with Gasteiger partial charge in [0.25, 0.3) is 0 Å². The van der Waals surface area contributed by atoms with Gasteiger partial charge in [0.2, 0.25) is 5.91 Å². The van der Waals surface area contributed by atoms with Gasteiger partial charge in [-0.3, -0.25) is 9.59 Å².